The molecule has 0 spiro atoms. The van der Waals surface area contributed by atoms with E-state index in [1.54, 1.807) is 0 Å². The van der Waals surface area contributed by atoms with Crippen molar-refractivity contribution >= 4 is 11.1 Å². The molecule has 0 N–H and O–H groups in total. The Balaban J connectivity index is 2.12. The molecule has 2 heterocycles. The average Bonchev–Trinajstić information content (AvgIpc) is 2.77. The fourth-order valence-corrected chi connectivity index (χ4v) is 2.13. The Morgan fingerprint density at radius 2 is 2.00 bits per heavy atom. The summed E-state index contributed by atoms with van der Waals surface area (Å²) in [6, 6.07) is 9.72. The summed E-state index contributed by atoms with van der Waals surface area (Å²) in [4.78, 5) is 13.0. The third-order valence-electron chi connectivity index (χ3n) is 2.93. The second kappa shape index (κ2) is 4.74. The molecule has 0 atom stereocenters. The van der Waals surface area contributed by atoms with Gasteiger partial charge >= 0.3 is 0 Å². The Morgan fingerprint density at radius 1 is 1.15 bits per heavy atom. The lowest BCUT2D eigenvalue weighted by Gasteiger charge is -2.04. The first-order valence-corrected chi connectivity index (χ1v) is 6.25. The molecule has 0 radical (unpaired) electrons. The summed E-state index contributed by atoms with van der Waals surface area (Å²) in [5.74, 6) is 1.18. The Morgan fingerprint density at radius 3 is 2.80 bits per heavy atom. The molecular weight excluding hydrogens is 252 g/mol. The van der Waals surface area contributed by atoms with Crippen molar-refractivity contribution in [1.82, 2.24) is 15.0 Å². The molecule has 0 saturated heterocycles. The summed E-state index contributed by atoms with van der Waals surface area (Å²) in [6.07, 6.45) is 0.208. The van der Waals surface area contributed by atoms with E-state index in [0.717, 1.165) is 28.1 Å². The van der Waals surface area contributed by atoms with Crippen LogP contribution in [0.2, 0.25) is 0 Å². The number of benzene rings is 1. The largest absolute Gasteiger partial charge is 0.441 e. The van der Waals surface area contributed by atoms with Gasteiger partial charge in [-0.3, -0.25) is 0 Å². The van der Waals surface area contributed by atoms with Crippen LogP contribution in [0, 0.1) is 25.2 Å². The Bertz CT molecular complexity index is 829. The van der Waals surface area contributed by atoms with Crippen LogP contribution in [-0.4, -0.2) is 15.0 Å². The highest BCUT2D eigenvalue weighted by molar-refractivity contribution is 5.79. The third kappa shape index (κ3) is 2.24. The molecule has 0 fully saturated rings. The quantitative estimate of drug-likeness (QED) is 0.711. The minimum Gasteiger partial charge on any atom is -0.441 e. The van der Waals surface area contributed by atoms with Crippen LogP contribution in [0.3, 0.4) is 0 Å². The van der Waals surface area contributed by atoms with E-state index in [0.29, 0.717) is 11.7 Å². The number of aryl methyl sites for hydroxylation is 2. The summed E-state index contributed by atoms with van der Waals surface area (Å²) in [5.41, 5.74) is 4.14. The van der Waals surface area contributed by atoms with Crippen LogP contribution < -0.4 is 0 Å². The van der Waals surface area contributed by atoms with Crippen molar-refractivity contribution in [3.05, 3.63) is 41.7 Å². The second-order valence-corrected chi connectivity index (χ2v) is 4.56. The van der Waals surface area contributed by atoms with Gasteiger partial charge < -0.3 is 4.42 Å². The molecular formula is C15H12N4O. The lowest BCUT2D eigenvalue weighted by Crippen LogP contribution is -1.98. The van der Waals surface area contributed by atoms with E-state index < -0.39 is 0 Å². The van der Waals surface area contributed by atoms with E-state index in [2.05, 4.69) is 21.0 Å². The van der Waals surface area contributed by atoms with Crippen LogP contribution in [0.1, 0.15) is 17.4 Å². The lowest BCUT2D eigenvalue weighted by molar-refractivity contribution is 0.561. The molecule has 0 aliphatic carbocycles. The monoisotopic (exact) mass is 264 g/mol. The lowest BCUT2D eigenvalue weighted by atomic mass is 10.1. The fourth-order valence-electron chi connectivity index (χ4n) is 2.13. The van der Waals surface area contributed by atoms with Crippen molar-refractivity contribution in [2.24, 2.45) is 0 Å². The van der Waals surface area contributed by atoms with Gasteiger partial charge in [0.25, 0.3) is 0 Å². The van der Waals surface area contributed by atoms with Crippen LogP contribution in [0.5, 0.6) is 0 Å². The fraction of sp³-hybridized carbons (Fsp3) is 0.200. The van der Waals surface area contributed by atoms with Gasteiger partial charge in [0, 0.05) is 18.2 Å². The molecule has 0 bridgehead atoms. The number of oxazole rings is 1. The van der Waals surface area contributed by atoms with Gasteiger partial charge in [0.2, 0.25) is 0 Å². The Labute approximate surface area is 115 Å². The minimum atomic E-state index is 0.208. The SMILES string of the molecule is Cc1cc(-c2ccc3oc(C)nc3c2)nc(CC#N)n1. The molecule has 0 aliphatic rings. The number of nitrogens with zero attached hydrogens (tertiary/aromatic N) is 4. The van der Waals surface area contributed by atoms with E-state index in [4.69, 9.17) is 9.68 Å². The highest BCUT2D eigenvalue weighted by Crippen LogP contribution is 2.24. The van der Waals surface area contributed by atoms with Gasteiger partial charge in [0.05, 0.1) is 18.2 Å². The van der Waals surface area contributed by atoms with E-state index >= 15 is 0 Å². The molecule has 5 nitrogen and oxygen atoms in total. The molecule has 0 aliphatic heterocycles. The number of nitriles is 1. The van der Waals surface area contributed by atoms with Crippen LogP contribution in [0.25, 0.3) is 22.4 Å². The number of fused-ring (bicyclic) bond motifs is 1. The highest BCUT2D eigenvalue weighted by Gasteiger charge is 2.08. The standard InChI is InChI=1S/C15H12N4O/c1-9-7-12(19-15(17-9)5-6-16)11-3-4-14-13(8-11)18-10(2)20-14/h3-4,7-8H,5H2,1-2H3. The number of rotatable bonds is 2. The van der Waals surface area contributed by atoms with Crippen molar-refractivity contribution in [3.63, 3.8) is 0 Å². The normalized spacial score (nSPS) is 10.7. The van der Waals surface area contributed by atoms with Crippen molar-refractivity contribution in [2.45, 2.75) is 20.3 Å². The summed E-state index contributed by atoms with van der Waals surface area (Å²) >= 11 is 0. The molecule has 0 saturated carbocycles. The van der Waals surface area contributed by atoms with E-state index in [1.807, 2.05) is 38.1 Å². The maximum atomic E-state index is 8.76. The Hall–Kier alpha value is -2.74. The number of hydrogen-bond acceptors (Lipinski definition) is 5. The summed E-state index contributed by atoms with van der Waals surface area (Å²) in [7, 11) is 0. The van der Waals surface area contributed by atoms with Crippen LogP contribution in [0.4, 0.5) is 0 Å². The van der Waals surface area contributed by atoms with Crippen LogP contribution in [-0.2, 0) is 6.42 Å². The molecule has 1 aromatic carbocycles. The van der Waals surface area contributed by atoms with Gasteiger partial charge in [-0.15, -0.1) is 0 Å². The van der Waals surface area contributed by atoms with Crippen LogP contribution in [0.15, 0.2) is 28.7 Å². The molecule has 98 valence electrons. The molecule has 3 aromatic rings. The van der Waals surface area contributed by atoms with Crippen molar-refractivity contribution in [1.29, 1.82) is 5.26 Å². The summed E-state index contributed by atoms with van der Waals surface area (Å²) in [5, 5.41) is 8.76. The van der Waals surface area contributed by atoms with Gasteiger partial charge in [-0.2, -0.15) is 5.26 Å². The first-order valence-electron chi connectivity index (χ1n) is 6.25. The van der Waals surface area contributed by atoms with Crippen LogP contribution >= 0.6 is 0 Å². The topological polar surface area (TPSA) is 75.6 Å². The average molecular weight is 264 g/mol. The van der Waals surface area contributed by atoms with E-state index in [-0.39, 0.29) is 6.42 Å². The summed E-state index contributed by atoms with van der Waals surface area (Å²) < 4.78 is 5.46. The molecule has 0 amide bonds. The van der Waals surface area contributed by atoms with E-state index in [1.165, 1.54) is 0 Å². The Kier molecular flexibility index (Phi) is 2.92. The van der Waals surface area contributed by atoms with Gasteiger partial charge in [-0.25, -0.2) is 15.0 Å². The van der Waals surface area contributed by atoms with Crippen molar-refractivity contribution in [3.8, 4) is 17.3 Å². The second-order valence-electron chi connectivity index (χ2n) is 4.56. The highest BCUT2D eigenvalue weighted by atomic mass is 16.3. The first kappa shape index (κ1) is 12.3. The third-order valence-corrected chi connectivity index (χ3v) is 2.93. The zero-order valence-electron chi connectivity index (χ0n) is 11.2. The van der Waals surface area contributed by atoms with Gasteiger partial charge in [0.1, 0.15) is 11.3 Å². The molecule has 20 heavy (non-hydrogen) atoms. The number of hydrogen-bond donors (Lipinski definition) is 0. The maximum absolute atomic E-state index is 8.76. The molecule has 5 heteroatoms. The van der Waals surface area contributed by atoms with Gasteiger partial charge in [-0.1, -0.05) is 0 Å². The smallest absolute Gasteiger partial charge is 0.192 e. The zero-order valence-corrected chi connectivity index (χ0v) is 11.2. The predicted molar refractivity (Wildman–Crippen MR) is 73.8 cm³/mol. The van der Waals surface area contributed by atoms with Crippen molar-refractivity contribution in [2.75, 3.05) is 0 Å². The maximum Gasteiger partial charge on any atom is 0.192 e. The van der Waals surface area contributed by atoms with Gasteiger partial charge in [0.15, 0.2) is 11.5 Å². The molecule has 2 aromatic heterocycles. The predicted octanol–water partition coefficient (Wildman–Crippen LogP) is 2.97. The molecule has 0 unspecified atom stereocenters. The first-order chi connectivity index (χ1) is 9.65. The summed E-state index contributed by atoms with van der Waals surface area (Å²) in [6.45, 7) is 3.71. The van der Waals surface area contributed by atoms with Gasteiger partial charge in [-0.05, 0) is 31.2 Å². The number of aromatic nitrogens is 3. The molecule has 3 rings (SSSR count). The van der Waals surface area contributed by atoms with Crippen molar-refractivity contribution < 1.29 is 4.42 Å². The van der Waals surface area contributed by atoms with E-state index in [9.17, 15) is 0 Å². The minimum absolute atomic E-state index is 0.208. The zero-order chi connectivity index (χ0) is 14.1.